The second-order valence-corrected chi connectivity index (χ2v) is 10.6. The number of amides is 2. The van der Waals surface area contributed by atoms with Crippen molar-refractivity contribution in [2.75, 3.05) is 7.11 Å². The lowest BCUT2D eigenvalue weighted by Crippen LogP contribution is -2.52. The van der Waals surface area contributed by atoms with Gasteiger partial charge in [-0.25, -0.2) is 0 Å². The number of nitrogens with zero attached hydrogens (tertiary/aromatic N) is 1. The first-order valence-corrected chi connectivity index (χ1v) is 14.4. The highest BCUT2D eigenvalue weighted by molar-refractivity contribution is 5.88. The van der Waals surface area contributed by atoms with Crippen molar-refractivity contribution in [3.8, 4) is 5.75 Å². The second kappa shape index (κ2) is 14.5. The van der Waals surface area contributed by atoms with Crippen molar-refractivity contribution in [2.24, 2.45) is 0 Å². The van der Waals surface area contributed by atoms with Gasteiger partial charge in [-0.3, -0.25) is 9.59 Å². The minimum Gasteiger partial charge on any atom is -0.497 e. The van der Waals surface area contributed by atoms with Crippen LogP contribution in [0.2, 0.25) is 0 Å². The third-order valence-electron chi connectivity index (χ3n) is 7.77. The van der Waals surface area contributed by atoms with E-state index in [4.69, 9.17) is 4.74 Å². The third kappa shape index (κ3) is 8.44. The summed E-state index contributed by atoms with van der Waals surface area (Å²) in [5.74, 6) is 0.661. The Morgan fingerprint density at radius 2 is 1.56 bits per heavy atom. The number of carbonyl (C=O) groups excluding carboxylic acids is 2. The summed E-state index contributed by atoms with van der Waals surface area (Å²) in [6.45, 7) is 2.49. The summed E-state index contributed by atoms with van der Waals surface area (Å²) in [6.07, 6.45) is 7.94. The molecule has 0 saturated heterocycles. The Kier molecular flexibility index (Phi) is 10.6. The highest BCUT2D eigenvalue weighted by atomic mass is 16.5. The van der Waals surface area contributed by atoms with E-state index < -0.39 is 6.04 Å². The van der Waals surface area contributed by atoms with Crippen molar-refractivity contribution in [3.63, 3.8) is 0 Å². The molecule has 0 bridgehead atoms. The quantitative estimate of drug-likeness (QED) is 0.302. The predicted molar refractivity (Wildman–Crippen MR) is 157 cm³/mol. The first-order valence-electron chi connectivity index (χ1n) is 14.4. The lowest BCUT2D eigenvalue weighted by Gasteiger charge is -2.33. The maximum atomic E-state index is 13.9. The molecule has 0 radical (unpaired) electrons. The molecule has 5 nitrogen and oxygen atoms in total. The lowest BCUT2D eigenvalue weighted by atomic mass is 9.94. The highest BCUT2D eigenvalue weighted by Crippen LogP contribution is 2.22. The molecule has 1 N–H and O–H groups in total. The van der Waals surface area contributed by atoms with Gasteiger partial charge in [0.15, 0.2) is 0 Å². The average Bonchev–Trinajstić information content (AvgIpc) is 2.99. The molecule has 0 aromatic heterocycles. The van der Waals surface area contributed by atoms with E-state index in [1.54, 1.807) is 12.0 Å². The Morgan fingerprint density at radius 3 is 2.26 bits per heavy atom. The highest BCUT2D eigenvalue weighted by Gasteiger charge is 2.31. The Balaban J connectivity index is 1.60. The van der Waals surface area contributed by atoms with Crippen LogP contribution in [0.1, 0.15) is 67.7 Å². The molecule has 5 heteroatoms. The summed E-state index contributed by atoms with van der Waals surface area (Å²) in [4.78, 5) is 29.6. The van der Waals surface area contributed by atoms with Gasteiger partial charge in [0.05, 0.1) is 7.11 Å². The molecule has 1 saturated carbocycles. The van der Waals surface area contributed by atoms with Gasteiger partial charge in [-0.05, 0) is 60.1 Å². The predicted octanol–water partition coefficient (Wildman–Crippen LogP) is 6.28. The van der Waals surface area contributed by atoms with Crippen molar-refractivity contribution in [3.05, 3.63) is 101 Å². The van der Waals surface area contributed by atoms with E-state index in [0.717, 1.165) is 54.5 Å². The van der Waals surface area contributed by atoms with Gasteiger partial charge >= 0.3 is 0 Å². The largest absolute Gasteiger partial charge is 0.497 e. The molecule has 0 aliphatic heterocycles. The Labute approximate surface area is 233 Å². The molecular formula is C34H42N2O3. The number of aryl methyl sites for hydroxylation is 2. The van der Waals surface area contributed by atoms with Crippen LogP contribution in [0.4, 0.5) is 0 Å². The molecular weight excluding hydrogens is 484 g/mol. The molecule has 206 valence electrons. The van der Waals surface area contributed by atoms with Crippen molar-refractivity contribution in [1.82, 2.24) is 10.2 Å². The molecule has 1 fully saturated rings. The topological polar surface area (TPSA) is 58.6 Å². The van der Waals surface area contributed by atoms with E-state index in [-0.39, 0.29) is 17.9 Å². The summed E-state index contributed by atoms with van der Waals surface area (Å²) >= 11 is 0. The van der Waals surface area contributed by atoms with Crippen LogP contribution in [0.15, 0.2) is 78.9 Å². The van der Waals surface area contributed by atoms with Crippen LogP contribution < -0.4 is 10.1 Å². The van der Waals surface area contributed by atoms with Crippen molar-refractivity contribution < 1.29 is 14.3 Å². The third-order valence-corrected chi connectivity index (χ3v) is 7.77. The van der Waals surface area contributed by atoms with Gasteiger partial charge in [-0.15, -0.1) is 0 Å². The molecule has 0 spiro atoms. The number of hydrogen-bond donors (Lipinski definition) is 1. The Bertz CT molecular complexity index is 1190. The van der Waals surface area contributed by atoms with Crippen LogP contribution in [0.25, 0.3) is 0 Å². The molecule has 2 amide bonds. The van der Waals surface area contributed by atoms with Gasteiger partial charge in [0.2, 0.25) is 11.8 Å². The van der Waals surface area contributed by atoms with E-state index >= 15 is 0 Å². The van der Waals surface area contributed by atoms with Gasteiger partial charge in [-0.2, -0.15) is 0 Å². The molecule has 1 aliphatic carbocycles. The van der Waals surface area contributed by atoms with E-state index in [1.807, 2.05) is 54.6 Å². The number of nitrogens with one attached hydrogen (secondary N) is 1. The van der Waals surface area contributed by atoms with Gasteiger partial charge in [-0.1, -0.05) is 92.9 Å². The van der Waals surface area contributed by atoms with Gasteiger partial charge in [0, 0.05) is 25.4 Å². The van der Waals surface area contributed by atoms with Gasteiger partial charge < -0.3 is 15.0 Å². The van der Waals surface area contributed by atoms with E-state index in [1.165, 1.54) is 12.0 Å². The average molecular weight is 527 g/mol. The minimum absolute atomic E-state index is 0.0166. The molecule has 1 aliphatic rings. The number of carbonyl (C=O) groups is 2. The zero-order chi connectivity index (χ0) is 27.5. The smallest absolute Gasteiger partial charge is 0.243 e. The molecule has 3 aromatic carbocycles. The first-order chi connectivity index (χ1) is 19.1. The minimum atomic E-state index is -0.601. The van der Waals surface area contributed by atoms with Crippen LogP contribution in [-0.4, -0.2) is 35.9 Å². The fourth-order valence-corrected chi connectivity index (χ4v) is 5.40. The van der Waals surface area contributed by atoms with Crippen molar-refractivity contribution in [2.45, 2.75) is 83.3 Å². The Morgan fingerprint density at radius 1 is 0.872 bits per heavy atom. The summed E-state index contributed by atoms with van der Waals surface area (Å²) in [7, 11) is 1.64. The maximum absolute atomic E-state index is 13.9. The van der Waals surface area contributed by atoms with E-state index in [2.05, 4.69) is 36.5 Å². The normalized spacial score (nSPS) is 14.4. The maximum Gasteiger partial charge on any atom is 0.243 e. The zero-order valence-electron chi connectivity index (χ0n) is 23.4. The molecule has 1 atom stereocenters. The molecule has 0 heterocycles. The van der Waals surface area contributed by atoms with E-state index in [9.17, 15) is 9.59 Å². The van der Waals surface area contributed by atoms with Crippen molar-refractivity contribution >= 4 is 11.8 Å². The van der Waals surface area contributed by atoms with Gasteiger partial charge in [0.1, 0.15) is 11.8 Å². The number of rotatable bonds is 12. The summed E-state index contributed by atoms with van der Waals surface area (Å²) in [5, 5.41) is 3.31. The summed E-state index contributed by atoms with van der Waals surface area (Å²) in [6, 6.07) is 25.8. The fraction of sp³-hybridized carbons (Fsp3) is 0.412. The zero-order valence-corrected chi connectivity index (χ0v) is 23.4. The standard InChI is InChI=1S/C34H42N2O3/c1-3-26-17-19-27(20-18-26)21-22-33(37)36(25-29-13-10-16-31(23-29)39-2)32(24-28-11-6-4-7-12-28)34(38)35-30-14-8-5-9-15-30/h4,6-7,10-13,16-20,23,30,32H,3,5,8-9,14-15,21-22,24-25H2,1-2H3,(H,35,38). The second-order valence-electron chi connectivity index (χ2n) is 10.6. The Hall–Kier alpha value is -3.60. The number of methoxy groups -OCH3 is 1. The number of ether oxygens (including phenoxy) is 1. The number of benzene rings is 3. The van der Waals surface area contributed by atoms with Crippen LogP contribution in [0.3, 0.4) is 0 Å². The van der Waals surface area contributed by atoms with Crippen LogP contribution in [-0.2, 0) is 35.4 Å². The fourth-order valence-electron chi connectivity index (χ4n) is 5.40. The first kappa shape index (κ1) is 28.4. The molecule has 3 aromatic rings. The lowest BCUT2D eigenvalue weighted by molar-refractivity contribution is -0.141. The monoisotopic (exact) mass is 526 g/mol. The number of hydrogen-bond acceptors (Lipinski definition) is 3. The molecule has 4 rings (SSSR count). The van der Waals surface area contributed by atoms with Crippen molar-refractivity contribution in [1.29, 1.82) is 0 Å². The summed E-state index contributed by atoms with van der Waals surface area (Å²) in [5.41, 5.74) is 4.40. The van der Waals surface area contributed by atoms with Gasteiger partial charge in [0.25, 0.3) is 0 Å². The SMILES string of the molecule is CCc1ccc(CCC(=O)N(Cc2cccc(OC)c2)C(Cc2ccccc2)C(=O)NC2CCCCC2)cc1. The van der Waals surface area contributed by atoms with Crippen LogP contribution in [0, 0.1) is 0 Å². The van der Waals surface area contributed by atoms with Crippen LogP contribution >= 0.6 is 0 Å². The summed E-state index contributed by atoms with van der Waals surface area (Å²) < 4.78 is 5.44. The molecule has 39 heavy (non-hydrogen) atoms. The van der Waals surface area contributed by atoms with Crippen LogP contribution in [0.5, 0.6) is 5.75 Å². The van der Waals surface area contributed by atoms with E-state index in [0.29, 0.717) is 25.8 Å². The molecule has 1 unspecified atom stereocenters.